The normalized spacial score (nSPS) is 31.2. The number of carboxylic acids is 1. The third kappa shape index (κ3) is 2.21. The maximum Gasteiger partial charge on any atom is 0.326 e. The van der Waals surface area contributed by atoms with Crippen molar-refractivity contribution in [2.24, 2.45) is 11.8 Å². The van der Waals surface area contributed by atoms with Crippen molar-refractivity contribution in [1.29, 1.82) is 0 Å². The highest BCUT2D eigenvalue weighted by molar-refractivity contribution is 5.92. The van der Waals surface area contributed by atoms with Crippen molar-refractivity contribution < 1.29 is 14.7 Å². The molecule has 0 aromatic heterocycles. The van der Waals surface area contributed by atoms with Crippen LogP contribution in [-0.4, -0.2) is 34.5 Å². The number of amides is 1. The number of rotatable bonds is 2. The van der Waals surface area contributed by atoms with Crippen molar-refractivity contribution in [2.45, 2.75) is 39.2 Å². The Balaban J connectivity index is 2.20. The van der Waals surface area contributed by atoms with Gasteiger partial charge in [0, 0.05) is 12.6 Å². The second kappa shape index (κ2) is 4.51. The lowest BCUT2D eigenvalue weighted by molar-refractivity contribution is -0.148. The molecule has 4 heteroatoms. The van der Waals surface area contributed by atoms with Crippen LogP contribution in [0.5, 0.6) is 0 Å². The summed E-state index contributed by atoms with van der Waals surface area (Å²) in [6, 6.07) is -0.606. The Morgan fingerprint density at radius 3 is 2.59 bits per heavy atom. The van der Waals surface area contributed by atoms with Crippen LogP contribution >= 0.6 is 0 Å². The number of hydrogen-bond donors (Lipinski definition) is 1. The molecule has 1 N–H and O–H groups in total. The number of carbonyl (C=O) groups excluding carboxylic acids is 1. The number of carbonyl (C=O) groups is 2. The van der Waals surface area contributed by atoms with Gasteiger partial charge >= 0.3 is 5.97 Å². The van der Waals surface area contributed by atoms with E-state index in [-0.39, 0.29) is 11.8 Å². The first-order chi connectivity index (χ1) is 8.00. The zero-order valence-corrected chi connectivity index (χ0v) is 10.3. The highest BCUT2D eigenvalue weighted by Gasteiger charge is 2.48. The highest BCUT2D eigenvalue weighted by atomic mass is 16.4. The quantitative estimate of drug-likeness (QED) is 0.743. The van der Waals surface area contributed by atoms with E-state index in [9.17, 15) is 14.7 Å². The molecule has 2 rings (SSSR count). The number of nitrogens with zero attached hydrogens (tertiary/aromatic N) is 1. The van der Waals surface area contributed by atoms with Crippen LogP contribution in [0, 0.1) is 11.8 Å². The van der Waals surface area contributed by atoms with Crippen LogP contribution in [0.25, 0.3) is 0 Å². The van der Waals surface area contributed by atoms with Gasteiger partial charge in [0.2, 0.25) is 5.91 Å². The number of allylic oxidation sites excluding steroid dienone is 1. The van der Waals surface area contributed by atoms with Gasteiger partial charge in [-0.2, -0.15) is 0 Å². The molecule has 0 radical (unpaired) electrons. The molecule has 94 valence electrons. The smallest absolute Gasteiger partial charge is 0.326 e. The lowest BCUT2D eigenvalue weighted by Gasteiger charge is -2.23. The van der Waals surface area contributed by atoms with Gasteiger partial charge in [-0.25, -0.2) is 4.79 Å². The van der Waals surface area contributed by atoms with Crippen molar-refractivity contribution in [3.8, 4) is 0 Å². The minimum atomic E-state index is -0.852. The molecule has 2 fully saturated rings. The molecular formula is C13H19NO3. The molecule has 1 saturated heterocycles. The number of likely N-dealkylation sites (tertiary alicyclic amines) is 1. The average Bonchev–Trinajstić information content (AvgIpc) is 2.72. The molecule has 1 heterocycles. The van der Waals surface area contributed by atoms with Crippen LogP contribution in [0.3, 0.4) is 0 Å². The van der Waals surface area contributed by atoms with Crippen LogP contribution in [0.2, 0.25) is 0 Å². The Kier molecular flexibility index (Phi) is 3.22. The van der Waals surface area contributed by atoms with Gasteiger partial charge in [0.1, 0.15) is 6.04 Å². The molecular weight excluding hydrogens is 218 g/mol. The zero-order chi connectivity index (χ0) is 12.6. The summed E-state index contributed by atoms with van der Waals surface area (Å²) in [5.74, 6) is -0.436. The SMILES string of the molecule is CC(C)=CC(=O)N1CC2CCCC2C1C(=O)O. The molecule has 2 aliphatic rings. The summed E-state index contributed by atoms with van der Waals surface area (Å²) in [6.45, 7) is 4.32. The zero-order valence-electron chi connectivity index (χ0n) is 10.3. The molecule has 0 spiro atoms. The van der Waals surface area contributed by atoms with Crippen LogP contribution in [0.1, 0.15) is 33.1 Å². The second-order valence-electron chi connectivity index (χ2n) is 5.35. The van der Waals surface area contributed by atoms with E-state index in [0.29, 0.717) is 12.5 Å². The Morgan fingerprint density at radius 1 is 1.29 bits per heavy atom. The average molecular weight is 237 g/mol. The van der Waals surface area contributed by atoms with E-state index >= 15 is 0 Å². The first-order valence-electron chi connectivity index (χ1n) is 6.19. The van der Waals surface area contributed by atoms with Crippen LogP contribution < -0.4 is 0 Å². The lowest BCUT2D eigenvalue weighted by atomic mass is 9.94. The van der Waals surface area contributed by atoms with E-state index in [0.717, 1.165) is 24.8 Å². The highest BCUT2D eigenvalue weighted by Crippen LogP contribution is 2.42. The lowest BCUT2D eigenvalue weighted by Crippen LogP contribution is -2.42. The fraction of sp³-hybridized carbons (Fsp3) is 0.692. The summed E-state index contributed by atoms with van der Waals surface area (Å²) in [4.78, 5) is 24.9. The molecule has 3 atom stereocenters. The first-order valence-corrected chi connectivity index (χ1v) is 6.19. The van der Waals surface area contributed by atoms with Gasteiger partial charge in [-0.3, -0.25) is 4.79 Å². The van der Waals surface area contributed by atoms with Crippen LogP contribution in [-0.2, 0) is 9.59 Å². The van der Waals surface area contributed by atoms with Gasteiger partial charge in [0.15, 0.2) is 0 Å². The molecule has 1 aliphatic carbocycles. The van der Waals surface area contributed by atoms with Crippen molar-refractivity contribution in [3.63, 3.8) is 0 Å². The monoisotopic (exact) mass is 237 g/mol. The summed E-state index contributed by atoms with van der Waals surface area (Å²) in [5, 5.41) is 9.30. The van der Waals surface area contributed by atoms with Gasteiger partial charge < -0.3 is 10.0 Å². The van der Waals surface area contributed by atoms with Gasteiger partial charge in [-0.05, 0) is 38.5 Å². The van der Waals surface area contributed by atoms with Gasteiger partial charge in [-0.15, -0.1) is 0 Å². The number of hydrogen-bond acceptors (Lipinski definition) is 2. The number of fused-ring (bicyclic) bond motifs is 1. The van der Waals surface area contributed by atoms with Crippen molar-refractivity contribution in [1.82, 2.24) is 4.90 Å². The molecule has 17 heavy (non-hydrogen) atoms. The minimum absolute atomic E-state index is 0.146. The molecule has 0 aromatic carbocycles. The standard InChI is InChI=1S/C13H19NO3/c1-8(2)6-11(15)14-7-9-4-3-5-10(9)12(14)13(16)17/h6,9-10,12H,3-5,7H2,1-2H3,(H,16,17). The van der Waals surface area contributed by atoms with E-state index in [2.05, 4.69) is 0 Å². The van der Waals surface area contributed by atoms with Crippen molar-refractivity contribution in [3.05, 3.63) is 11.6 Å². The topological polar surface area (TPSA) is 57.6 Å². The fourth-order valence-electron chi connectivity index (χ4n) is 3.18. The summed E-state index contributed by atoms with van der Waals surface area (Å²) in [7, 11) is 0. The van der Waals surface area contributed by atoms with Crippen molar-refractivity contribution in [2.75, 3.05) is 6.54 Å². The summed E-state index contributed by atoms with van der Waals surface area (Å²) < 4.78 is 0. The summed E-state index contributed by atoms with van der Waals surface area (Å²) in [5.41, 5.74) is 0.913. The van der Waals surface area contributed by atoms with E-state index < -0.39 is 12.0 Å². The molecule has 4 nitrogen and oxygen atoms in total. The van der Waals surface area contributed by atoms with Gasteiger partial charge in [0.25, 0.3) is 0 Å². The fourth-order valence-corrected chi connectivity index (χ4v) is 3.18. The van der Waals surface area contributed by atoms with Crippen molar-refractivity contribution >= 4 is 11.9 Å². The summed E-state index contributed by atoms with van der Waals surface area (Å²) >= 11 is 0. The minimum Gasteiger partial charge on any atom is -0.480 e. The third-order valence-electron chi connectivity index (χ3n) is 3.84. The molecule has 0 bridgehead atoms. The number of aliphatic carboxylic acids is 1. The second-order valence-corrected chi connectivity index (χ2v) is 5.35. The Morgan fingerprint density at radius 2 is 2.00 bits per heavy atom. The molecule has 1 saturated carbocycles. The Labute approximate surface area is 101 Å². The van der Waals surface area contributed by atoms with E-state index in [1.165, 1.54) is 6.08 Å². The Hall–Kier alpha value is -1.32. The molecule has 1 aliphatic heterocycles. The predicted octanol–water partition coefficient (Wildman–Crippen LogP) is 1.66. The molecule has 0 aromatic rings. The largest absolute Gasteiger partial charge is 0.480 e. The third-order valence-corrected chi connectivity index (χ3v) is 3.84. The summed E-state index contributed by atoms with van der Waals surface area (Å²) in [6.07, 6.45) is 4.65. The van der Waals surface area contributed by atoms with Crippen LogP contribution in [0.15, 0.2) is 11.6 Å². The van der Waals surface area contributed by atoms with E-state index in [1.807, 2.05) is 13.8 Å². The predicted molar refractivity (Wildman–Crippen MR) is 63.4 cm³/mol. The van der Waals surface area contributed by atoms with Gasteiger partial charge in [-0.1, -0.05) is 12.0 Å². The maximum absolute atomic E-state index is 12.0. The first kappa shape index (κ1) is 12.1. The Bertz CT molecular complexity index is 371. The maximum atomic E-state index is 12.0. The van der Waals surface area contributed by atoms with E-state index in [4.69, 9.17) is 0 Å². The van der Waals surface area contributed by atoms with Gasteiger partial charge in [0.05, 0.1) is 0 Å². The van der Waals surface area contributed by atoms with Crippen LogP contribution in [0.4, 0.5) is 0 Å². The number of carboxylic acid groups (broad SMARTS) is 1. The molecule has 1 amide bonds. The molecule has 3 unspecified atom stereocenters. The van der Waals surface area contributed by atoms with E-state index in [1.54, 1.807) is 4.90 Å².